The SMILES string of the molecule is Clc1cccc(Cl)c1CC1=NC=C(c2ccnc(Nc3ccccc3)n2)C1. The number of nitrogens with one attached hydrogen (secondary N) is 1. The second-order valence-electron chi connectivity index (χ2n) is 6.16. The summed E-state index contributed by atoms with van der Waals surface area (Å²) in [5.41, 5.74) is 4.76. The highest BCUT2D eigenvalue weighted by molar-refractivity contribution is 6.36. The number of rotatable bonds is 5. The third kappa shape index (κ3) is 4.18. The number of aromatic nitrogens is 2. The summed E-state index contributed by atoms with van der Waals surface area (Å²) in [6, 6.07) is 17.3. The summed E-state index contributed by atoms with van der Waals surface area (Å²) in [5, 5.41) is 4.54. The van der Waals surface area contributed by atoms with E-state index in [2.05, 4.69) is 20.3 Å². The molecule has 4 nitrogen and oxygen atoms in total. The van der Waals surface area contributed by atoms with Crippen molar-refractivity contribution in [2.45, 2.75) is 12.8 Å². The van der Waals surface area contributed by atoms with Gasteiger partial charge in [-0.3, -0.25) is 4.99 Å². The topological polar surface area (TPSA) is 50.2 Å². The van der Waals surface area contributed by atoms with Crippen LogP contribution in [0.2, 0.25) is 10.0 Å². The molecule has 0 aliphatic carbocycles. The van der Waals surface area contributed by atoms with Gasteiger partial charge in [0, 0.05) is 52.3 Å². The fourth-order valence-electron chi connectivity index (χ4n) is 2.90. The number of benzene rings is 2. The summed E-state index contributed by atoms with van der Waals surface area (Å²) >= 11 is 12.5. The van der Waals surface area contributed by atoms with Crippen LogP contribution in [0.3, 0.4) is 0 Å². The fourth-order valence-corrected chi connectivity index (χ4v) is 3.43. The van der Waals surface area contributed by atoms with E-state index in [0.717, 1.165) is 28.2 Å². The molecule has 0 atom stereocenters. The van der Waals surface area contributed by atoms with Gasteiger partial charge in [-0.05, 0) is 35.9 Å². The van der Waals surface area contributed by atoms with Gasteiger partial charge in [0.2, 0.25) is 5.95 Å². The van der Waals surface area contributed by atoms with Crippen molar-refractivity contribution in [3.63, 3.8) is 0 Å². The molecule has 0 fully saturated rings. The number of hydrogen-bond acceptors (Lipinski definition) is 4. The van der Waals surface area contributed by atoms with E-state index in [4.69, 9.17) is 23.2 Å². The highest BCUT2D eigenvalue weighted by Crippen LogP contribution is 2.29. The van der Waals surface area contributed by atoms with E-state index in [1.165, 1.54) is 0 Å². The molecule has 4 rings (SSSR count). The Kier molecular flexibility index (Phi) is 5.19. The predicted octanol–water partition coefficient (Wildman–Crippen LogP) is 5.96. The minimum Gasteiger partial charge on any atom is -0.324 e. The van der Waals surface area contributed by atoms with Gasteiger partial charge in [0.1, 0.15) is 0 Å². The summed E-state index contributed by atoms with van der Waals surface area (Å²) in [5.74, 6) is 0.558. The van der Waals surface area contributed by atoms with Gasteiger partial charge < -0.3 is 5.32 Å². The lowest BCUT2D eigenvalue weighted by Crippen LogP contribution is -2.04. The van der Waals surface area contributed by atoms with Crippen LogP contribution in [-0.4, -0.2) is 15.7 Å². The van der Waals surface area contributed by atoms with Crippen LogP contribution >= 0.6 is 23.2 Å². The largest absolute Gasteiger partial charge is 0.324 e. The molecule has 0 radical (unpaired) electrons. The third-order valence-electron chi connectivity index (χ3n) is 4.25. The standard InChI is InChI=1S/C21H16Cl2N4/c22-18-7-4-8-19(23)17(18)12-16-11-14(13-25-16)20-9-10-24-21(27-20)26-15-5-2-1-3-6-15/h1-10,13H,11-12H2,(H,24,26,27). The molecule has 6 heteroatoms. The molecule has 0 saturated carbocycles. The summed E-state index contributed by atoms with van der Waals surface area (Å²) < 4.78 is 0. The van der Waals surface area contributed by atoms with Gasteiger partial charge in [-0.15, -0.1) is 0 Å². The first kappa shape index (κ1) is 17.7. The van der Waals surface area contributed by atoms with E-state index in [0.29, 0.717) is 28.8 Å². The average Bonchev–Trinajstić information content (AvgIpc) is 3.15. The average molecular weight is 395 g/mol. The molecule has 3 aromatic rings. The van der Waals surface area contributed by atoms with Crippen molar-refractivity contribution < 1.29 is 0 Å². The molecule has 0 amide bonds. The van der Waals surface area contributed by atoms with Gasteiger partial charge in [0.25, 0.3) is 0 Å². The number of allylic oxidation sites excluding steroid dienone is 1. The Labute approximate surface area is 167 Å². The first-order valence-electron chi connectivity index (χ1n) is 8.52. The molecular weight excluding hydrogens is 379 g/mol. The molecule has 27 heavy (non-hydrogen) atoms. The van der Waals surface area contributed by atoms with Crippen molar-refractivity contribution in [3.05, 3.63) is 88.3 Å². The van der Waals surface area contributed by atoms with E-state index in [-0.39, 0.29) is 0 Å². The van der Waals surface area contributed by atoms with Crippen LogP contribution in [0.15, 0.2) is 72.0 Å². The van der Waals surface area contributed by atoms with Crippen LogP contribution in [0.4, 0.5) is 11.6 Å². The Bertz CT molecular complexity index is 1010. The maximum atomic E-state index is 6.27. The Morgan fingerprint density at radius 1 is 0.926 bits per heavy atom. The highest BCUT2D eigenvalue weighted by Gasteiger charge is 2.17. The highest BCUT2D eigenvalue weighted by atomic mass is 35.5. The lowest BCUT2D eigenvalue weighted by Gasteiger charge is -2.09. The summed E-state index contributed by atoms with van der Waals surface area (Å²) in [7, 11) is 0. The summed E-state index contributed by atoms with van der Waals surface area (Å²) in [6.07, 6.45) is 4.94. The molecule has 0 saturated heterocycles. The van der Waals surface area contributed by atoms with Crippen LogP contribution in [0.5, 0.6) is 0 Å². The minimum absolute atomic E-state index is 0.558. The lowest BCUT2D eigenvalue weighted by atomic mass is 10.0. The number of halogens is 2. The van der Waals surface area contributed by atoms with E-state index < -0.39 is 0 Å². The zero-order chi connectivity index (χ0) is 18.6. The van der Waals surface area contributed by atoms with Crippen LogP contribution < -0.4 is 5.32 Å². The normalized spacial score (nSPS) is 13.3. The Hall–Kier alpha value is -2.69. The maximum Gasteiger partial charge on any atom is 0.227 e. The lowest BCUT2D eigenvalue weighted by molar-refractivity contribution is 1.13. The van der Waals surface area contributed by atoms with Crippen LogP contribution in [-0.2, 0) is 6.42 Å². The predicted molar refractivity (Wildman–Crippen MR) is 112 cm³/mol. The Balaban J connectivity index is 1.46. The molecule has 0 bridgehead atoms. The first-order valence-corrected chi connectivity index (χ1v) is 9.27. The smallest absolute Gasteiger partial charge is 0.227 e. The molecule has 134 valence electrons. The molecule has 1 aromatic heterocycles. The summed E-state index contributed by atoms with van der Waals surface area (Å²) in [6.45, 7) is 0. The number of hydrogen-bond donors (Lipinski definition) is 1. The van der Waals surface area contributed by atoms with E-state index >= 15 is 0 Å². The zero-order valence-corrected chi connectivity index (χ0v) is 15.9. The van der Waals surface area contributed by atoms with Crippen LogP contribution in [0.1, 0.15) is 17.7 Å². The van der Waals surface area contributed by atoms with E-state index in [9.17, 15) is 0 Å². The second kappa shape index (κ2) is 7.91. The number of para-hydroxylation sites is 1. The maximum absolute atomic E-state index is 6.27. The molecule has 1 aliphatic heterocycles. The molecule has 1 N–H and O–H groups in total. The van der Waals surface area contributed by atoms with Gasteiger partial charge in [0.05, 0.1) is 5.69 Å². The van der Waals surface area contributed by atoms with Gasteiger partial charge in [-0.1, -0.05) is 47.5 Å². The van der Waals surface area contributed by atoms with Crippen molar-refractivity contribution in [1.29, 1.82) is 0 Å². The quantitative estimate of drug-likeness (QED) is 0.580. The minimum atomic E-state index is 0.558. The number of nitrogens with zero attached hydrogens (tertiary/aromatic N) is 3. The van der Waals surface area contributed by atoms with Crippen molar-refractivity contribution in [1.82, 2.24) is 9.97 Å². The number of anilines is 2. The zero-order valence-electron chi connectivity index (χ0n) is 14.4. The van der Waals surface area contributed by atoms with E-state index in [1.807, 2.05) is 60.8 Å². The Morgan fingerprint density at radius 2 is 1.70 bits per heavy atom. The fraction of sp³-hybridized carbons (Fsp3) is 0.0952. The van der Waals surface area contributed by atoms with Crippen molar-refractivity contribution in [3.8, 4) is 0 Å². The Morgan fingerprint density at radius 3 is 2.48 bits per heavy atom. The van der Waals surface area contributed by atoms with Crippen LogP contribution in [0, 0.1) is 0 Å². The van der Waals surface area contributed by atoms with Gasteiger partial charge in [-0.25, -0.2) is 9.97 Å². The van der Waals surface area contributed by atoms with Crippen molar-refractivity contribution in [2.24, 2.45) is 4.99 Å². The number of aliphatic imine (C=N–C) groups is 1. The van der Waals surface area contributed by atoms with Gasteiger partial charge in [0.15, 0.2) is 0 Å². The first-order chi connectivity index (χ1) is 13.2. The van der Waals surface area contributed by atoms with Crippen molar-refractivity contribution >= 4 is 46.1 Å². The molecule has 0 unspecified atom stereocenters. The molecule has 2 aromatic carbocycles. The third-order valence-corrected chi connectivity index (χ3v) is 4.96. The van der Waals surface area contributed by atoms with E-state index in [1.54, 1.807) is 6.20 Å². The van der Waals surface area contributed by atoms with Crippen molar-refractivity contribution in [2.75, 3.05) is 5.32 Å². The second-order valence-corrected chi connectivity index (χ2v) is 6.97. The molecule has 1 aliphatic rings. The van der Waals surface area contributed by atoms with Crippen LogP contribution in [0.25, 0.3) is 5.57 Å². The molecular formula is C21H16Cl2N4. The molecule has 2 heterocycles. The monoisotopic (exact) mass is 394 g/mol. The van der Waals surface area contributed by atoms with Gasteiger partial charge >= 0.3 is 0 Å². The summed E-state index contributed by atoms with van der Waals surface area (Å²) in [4.78, 5) is 13.4. The molecule has 0 spiro atoms. The van der Waals surface area contributed by atoms with Gasteiger partial charge in [-0.2, -0.15) is 0 Å².